The number of hydrogen-bond donors (Lipinski definition) is 1. The Bertz CT molecular complexity index is 411. The molecule has 0 radical (unpaired) electrons. The molecule has 1 aromatic carbocycles. The maximum Gasteiger partial charge on any atom is 0.139 e. The highest BCUT2D eigenvalue weighted by Crippen LogP contribution is 2.25. The minimum atomic E-state index is -0.229. The van der Waals surface area contributed by atoms with E-state index in [4.69, 9.17) is 4.74 Å². The third kappa shape index (κ3) is 3.45. The fourth-order valence-electron chi connectivity index (χ4n) is 2.25. The van der Waals surface area contributed by atoms with E-state index >= 15 is 0 Å². The molecule has 1 aromatic rings. The van der Waals surface area contributed by atoms with Gasteiger partial charge in [0.25, 0.3) is 0 Å². The Balaban J connectivity index is 1.98. The molecule has 0 saturated carbocycles. The number of ether oxygens (including phenoxy) is 1. The van der Waals surface area contributed by atoms with Gasteiger partial charge in [0.2, 0.25) is 0 Å². The molecule has 1 N–H and O–H groups in total. The Labute approximate surface area is 116 Å². The Morgan fingerprint density at radius 2 is 2.22 bits per heavy atom. The molecule has 18 heavy (non-hydrogen) atoms. The smallest absolute Gasteiger partial charge is 0.139 e. The summed E-state index contributed by atoms with van der Waals surface area (Å²) in [5.74, 6) is 0.295. The van der Waals surface area contributed by atoms with E-state index < -0.39 is 0 Å². The van der Waals surface area contributed by atoms with Gasteiger partial charge in [0, 0.05) is 18.3 Å². The number of hydrogen-bond acceptors (Lipinski definition) is 2. The van der Waals surface area contributed by atoms with Crippen molar-refractivity contribution in [2.24, 2.45) is 5.92 Å². The van der Waals surface area contributed by atoms with Crippen LogP contribution in [-0.4, -0.2) is 18.8 Å². The normalized spacial score (nSPS) is 24.3. The molecule has 2 rings (SSSR count). The van der Waals surface area contributed by atoms with Gasteiger partial charge in [-0.2, -0.15) is 0 Å². The second-order valence-electron chi connectivity index (χ2n) is 5.15. The van der Waals surface area contributed by atoms with E-state index in [-0.39, 0.29) is 5.82 Å². The molecule has 2 atom stereocenters. The summed E-state index contributed by atoms with van der Waals surface area (Å²) >= 11 is 3.16. The fraction of sp³-hybridized carbons (Fsp3) is 0.571. The monoisotopic (exact) mass is 315 g/mol. The molecule has 0 spiro atoms. The quantitative estimate of drug-likeness (QED) is 0.902. The number of nitrogens with one attached hydrogen (secondary N) is 1. The van der Waals surface area contributed by atoms with Crippen LogP contribution in [0.25, 0.3) is 0 Å². The highest BCUT2D eigenvalue weighted by molar-refractivity contribution is 9.10. The van der Waals surface area contributed by atoms with Crippen molar-refractivity contribution in [2.75, 3.05) is 11.9 Å². The summed E-state index contributed by atoms with van der Waals surface area (Å²) in [7, 11) is 0. The van der Waals surface area contributed by atoms with Gasteiger partial charge in [0.1, 0.15) is 5.82 Å². The lowest BCUT2D eigenvalue weighted by Gasteiger charge is -2.33. The third-order valence-corrected chi connectivity index (χ3v) is 3.99. The largest absolute Gasteiger partial charge is 0.382 e. The van der Waals surface area contributed by atoms with Crippen LogP contribution in [0, 0.1) is 11.7 Å². The van der Waals surface area contributed by atoms with Crippen molar-refractivity contribution in [3.05, 3.63) is 28.5 Å². The van der Waals surface area contributed by atoms with Crippen LogP contribution in [0.1, 0.15) is 26.7 Å². The molecule has 100 valence electrons. The molecule has 0 amide bonds. The highest BCUT2D eigenvalue weighted by atomic mass is 79.9. The van der Waals surface area contributed by atoms with E-state index in [1.807, 2.05) is 6.07 Å². The zero-order chi connectivity index (χ0) is 13.1. The Morgan fingerprint density at radius 1 is 1.44 bits per heavy atom. The summed E-state index contributed by atoms with van der Waals surface area (Å²) in [6.07, 6.45) is 2.26. The van der Waals surface area contributed by atoms with Crippen LogP contribution in [-0.2, 0) is 4.74 Å². The molecular formula is C14H19BrFNO. The van der Waals surface area contributed by atoms with Gasteiger partial charge in [0.15, 0.2) is 0 Å². The maximum absolute atomic E-state index is 13.4. The summed E-state index contributed by atoms with van der Waals surface area (Å²) in [5.41, 5.74) is 0.838. The highest BCUT2D eigenvalue weighted by Gasteiger charge is 2.24. The first-order valence-electron chi connectivity index (χ1n) is 6.39. The van der Waals surface area contributed by atoms with E-state index in [2.05, 4.69) is 35.1 Å². The van der Waals surface area contributed by atoms with Crippen LogP contribution in [0.4, 0.5) is 10.1 Å². The standard InChI is InChI=1S/C14H19BrFNO/c1-9(2)14-8-11(5-6-18-14)17-10-3-4-12(15)13(16)7-10/h3-4,7,9,11,14,17H,5-6,8H2,1-2H3. The molecule has 0 bridgehead atoms. The van der Waals surface area contributed by atoms with Gasteiger partial charge in [-0.05, 0) is 52.9 Å². The third-order valence-electron chi connectivity index (χ3n) is 3.35. The second-order valence-corrected chi connectivity index (χ2v) is 6.00. The predicted molar refractivity (Wildman–Crippen MR) is 75.3 cm³/mol. The number of rotatable bonds is 3. The molecule has 1 aliphatic rings. The van der Waals surface area contributed by atoms with Crippen LogP contribution < -0.4 is 5.32 Å². The lowest BCUT2D eigenvalue weighted by molar-refractivity contribution is -0.0160. The van der Waals surface area contributed by atoms with Gasteiger partial charge in [0.05, 0.1) is 10.6 Å². The van der Waals surface area contributed by atoms with Gasteiger partial charge in [-0.25, -0.2) is 4.39 Å². The fourth-order valence-corrected chi connectivity index (χ4v) is 2.49. The molecule has 2 nitrogen and oxygen atoms in total. The summed E-state index contributed by atoms with van der Waals surface area (Å²) in [4.78, 5) is 0. The minimum absolute atomic E-state index is 0.229. The van der Waals surface area contributed by atoms with E-state index in [1.54, 1.807) is 6.07 Å². The van der Waals surface area contributed by atoms with Crippen molar-refractivity contribution in [2.45, 2.75) is 38.8 Å². The molecule has 1 saturated heterocycles. The van der Waals surface area contributed by atoms with Gasteiger partial charge < -0.3 is 10.1 Å². The number of anilines is 1. The van der Waals surface area contributed by atoms with Crippen molar-refractivity contribution in [1.82, 2.24) is 0 Å². The first-order valence-corrected chi connectivity index (χ1v) is 7.18. The van der Waals surface area contributed by atoms with Crippen LogP contribution in [0.5, 0.6) is 0 Å². The van der Waals surface area contributed by atoms with Crippen molar-refractivity contribution < 1.29 is 9.13 Å². The van der Waals surface area contributed by atoms with Crippen LogP contribution >= 0.6 is 15.9 Å². The van der Waals surface area contributed by atoms with Gasteiger partial charge in [-0.1, -0.05) is 13.8 Å². The average Bonchev–Trinajstić information content (AvgIpc) is 2.34. The zero-order valence-electron chi connectivity index (χ0n) is 10.7. The van der Waals surface area contributed by atoms with Crippen molar-refractivity contribution >= 4 is 21.6 Å². The molecule has 2 unspecified atom stereocenters. The molecule has 1 aliphatic heterocycles. The summed E-state index contributed by atoms with van der Waals surface area (Å²) < 4.78 is 19.7. The minimum Gasteiger partial charge on any atom is -0.382 e. The molecule has 1 heterocycles. The summed E-state index contributed by atoms with van der Waals surface area (Å²) in [5, 5.41) is 3.39. The van der Waals surface area contributed by atoms with Gasteiger partial charge in [-0.3, -0.25) is 0 Å². The second kappa shape index (κ2) is 6.02. The summed E-state index contributed by atoms with van der Waals surface area (Å²) in [6.45, 7) is 5.12. The zero-order valence-corrected chi connectivity index (χ0v) is 12.3. The van der Waals surface area contributed by atoms with Crippen LogP contribution in [0.2, 0.25) is 0 Å². The Hall–Kier alpha value is -0.610. The lowest BCUT2D eigenvalue weighted by atomic mass is 9.95. The molecule has 1 fully saturated rings. The average molecular weight is 316 g/mol. The van der Waals surface area contributed by atoms with E-state index in [1.165, 1.54) is 6.07 Å². The van der Waals surface area contributed by atoms with Crippen LogP contribution in [0.3, 0.4) is 0 Å². The maximum atomic E-state index is 13.4. The van der Waals surface area contributed by atoms with E-state index in [0.29, 0.717) is 22.5 Å². The van der Waals surface area contributed by atoms with E-state index in [0.717, 1.165) is 25.1 Å². The first-order chi connectivity index (χ1) is 8.56. The van der Waals surface area contributed by atoms with Crippen molar-refractivity contribution in [1.29, 1.82) is 0 Å². The van der Waals surface area contributed by atoms with Gasteiger partial charge >= 0.3 is 0 Å². The molecule has 4 heteroatoms. The molecular weight excluding hydrogens is 297 g/mol. The van der Waals surface area contributed by atoms with E-state index in [9.17, 15) is 4.39 Å². The molecule has 0 aromatic heterocycles. The number of halogens is 2. The summed E-state index contributed by atoms with van der Waals surface area (Å²) in [6, 6.07) is 5.53. The van der Waals surface area contributed by atoms with Crippen molar-refractivity contribution in [3.8, 4) is 0 Å². The topological polar surface area (TPSA) is 21.3 Å². The Kier molecular flexibility index (Phi) is 4.62. The first kappa shape index (κ1) is 13.8. The number of benzene rings is 1. The SMILES string of the molecule is CC(C)C1CC(Nc2ccc(Br)c(F)c2)CCO1. The van der Waals surface area contributed by atoms with Gasteiger partial charge in [-0.15, -0.1) is 0 Å². The van der Waals surface area contributed by atoms with Crippen molar-refractivity contribution in [3.63, 3.8) is 0 Å². The lowest BCUT2D eigenvalue weighted by Crippen LogP contribution is -2.36. The molecule has 0 aliphatic carbocycles. The van der Waals surface area contributed by atoms with Crippen LogP contribution in [0.15, 0.2) is 22.7 Å². The predicted octanol–water partition coefficient (Wildman–Crippen LogP) is 4.20. The Morgan fingerprint density at radius 3 is 2.89 bits per heavy atom.